The summed E-state index contributed by atoms with van der Waals surface area (Å²) >= 11 is 1.72. The van der Waals surface area contributed by atoms with Crippen LogP contribution in [0.2, 0.25) is 0 Å². The topological polar surface area (TPSA) is 76.6 Å². The number of carbonyl (C=O) groups excluding carboxylic acids is 1. The van der Waals surface area contributed by atoms with Crippen LogP contribution in [0.25, 0.3) is 10.2 Å². The van der Waals surface area contributed by atoms with Crippen LogP contribution in [0.4, 0.5) is 5.82 Å². The van der Waals surface area contributed by atoms with Crippen LogP contribution in [0.15, 0.2) is 30.6 Å². The van der Waals surface area contributed by atoms with Crippen molar-refractivity contribution >= 4 is 33.3 Å². The van der Waals surface area contributed by atoms with Crippen molar-refractivity contribution < 1.29 is 14.3 Å². The molecule has 4 rings (SSSR count). The molecule has 1 aliphatic heterocycles. The van der Waals surface area contributed by atoms with Gasteiger partial charge in [0.15, 0.2) is 0 Å². The predicted octanol–water partition coefficient (Wildman–Crippen LogP) is 3.80. The van der Waals surface area contributed by atoms with E-state index in [9.17, 15) is 4.79 Å². The molecular weight excluding hydrogens is 412 g/mol. The molecular formula is C23H28N4O3S. The Kier molecular flexibility index (Phi) is 6.56. The van der Waals surface area contributed by atoms with Crippen molar-refractivity contribution in [2.75, 3.05) is 32.2 Å². The number of hydrogen-bond acceptors (Lipinski definition) is 7. The first-order valence-corrected chi connectivity index (χ1v) is 11.4. The van der Waals surface area contributed by atoms with Crippen LogP contribution in [0.3, 0.4) is 0 Å². The highest BCUT2D eigenvalue weighted by atomic mass is 32.1. The average molecular weight is 441 g/mol. The molecule has 164 valence electrons. The van der Waals surface area contributed by atoms with Crippen LogP contribution in [-0.4, -0.2) is 43.2 Å². The number of hydrogen-bond donors (Lipinski definition) is 1. The second-order valence-corrected chi connectivity index (χ2v) is 8.78. The number of piperidine rings is 1. The standard InChI is InChI=1S/C23H28N4O3S/c1-4-18-11-19-21(25-14-26-23(19)31-18)27-9-5-6-15(13-27)22(28)24-12-16-10-17(29-2)7-8-20(16)30-3/h7-8,10-11,14-15H,4-6,9,12-13H2,1-3H3,(H,24,28). The van der Waals surface area contributed by atoms with Crippen molar-refractivity contribution in [3.8, 4) is 11.5 Å². The molecule has 1 amide bonds. The second-order valence-electron chi connectivity index (χ2n) is 7.66. The molecule has 1 unspecified atom stereocenters. The maximum Gasteiger partial charge on any atom is 0.225 e. The molecule has 0 spiro atoms. The number of aryl methyl sites for hydroxylation is 1. The zero-order valence-electron chi connectivity index (χ0n) is 18.2. The third-order valence-corrected chi connectivity index (χ3v) is 6.93. The van der Waals surface area contributed by atoms with Gasteiger partial charge in [-0.15, -0.1) is 11.3 Å². The molecule has 3 aromatic rings. The van der Waals surface area contributed by atoms with Gasteiger partial charge in [-0.3, -0.25) is 4.79 Å². The Balaban J connectivity index is 1.46. The van der Waals surface area contributed by atoms with Crippen molar-refractivity contribution in [3.05, 3.63) is 41.0 Å². The van der Waals surface area contributed by atoms with Crippen molar-refractivity contribution in [1.82, 2.24) is 15.3 Å². The Labute approximate surface area is 186 Å². The van der Waals surface area contributed by atoms with Gasteiger partial charge in [-0.2, -0.15) is 0 Å². The molecule has 0 bridgehead atoms. The van der Waals surface area contributed by atoms with E-state index >= 15 is 0 Å². The average Bonchev–Trinajstić information content (AvgIpc) is 3.26. The van der Waals surface area contributed by atoms with E-state index in [0.29, 0.717) is 13.1 Å². The van der Waals surface area contributed by atoms with Crippen LogP contribution >= 0.6 is 11.3 Å². The number of rotatable bonds is 7. The third-order valence-electron chi connectivity index (χ3n) is 5.74. The Morgan fingerprint density at radius 3 is 2.90 bits per heavy atom. The third kappa shape index (κ3) is 4.58. The SMILES string of the molecule is CCc1cc2c(N3CCCC(C(=O)NCc4cc(OC)ccc4OC)C3)ncnc2s1. The largest absolute Gasteiger partial charge is 0.497 e. The molecule has 1 aliphatic rings. The number of benzene rings is 1. The van der Waals surface area contributed by atoms with E-state index < -0.39 is 0 Å². The maximum atomic E-state index is 13.0. The van der Waals surface area contributed by atoms with Gasteiger partial charge in [-0.25, -0.2) is 9.97 Å². The van der Waals surface area contributed by atoms with Gasteiger partial charge in [0.05, 0.1) is 25.5 Å². The van der Waals surface area contributed by atoms with E-state index in [2.05, 4.69) is 33.2 Å². The lowest BCUT2D eigenvalue weighted by Crippen LogP contribution is -2.43. The normalized spacial score (nSPS) is 16.4. The number of nitrogens with zero attached hydrogens (tertiary/aromatic N) is 3. The lowest BCUT2D eigenvalue weighted by Gasteiger charge is -2.33. The molecule has 2 aromatic heterocycles. The van der Waals surface area contributed by atoms with Gasteiger partial charge >= 0.3 is 0 Å². The molecule has 1 saturated heterocycles. The summed E-state index contributed by atoms with van der Waals surface area (Å²) in [5.41, 5.74) is 0.894. The molecule has 0 aliphatic carbocycles. The van der Waals surface area contributed by atoms with E-state index in [4.69, 9.17) is 9.47 Å². The smallest absolute Gasteiger partial charge is 0.225 e. The summed E-state index contributed by atoms with van der Waals surface area (Å²) in [6.45, 7) is 4.11. The van der Waals surface area contributed by atoms with Crippen LogP contribution in [0.1, 0.15) is 30.2 Å². The number of thiophene rings is 1. The van der Waals surface area contributed by atoms with Crippen molar-refractivity contribution in [1.29, 1.82) is 0 Å². The van der Waals surface area contributed by atoms with Crippen molar-refractivity contribution in [2.24, 2.45) is 5.92 Å². The Hall–Kier alpha value is -2.87. The molecule has 1 aromatic carbocycles. The highest BCUT2D eigenvalue weighted by Crippen LogP contribution is 2.32. The summed E-state index contributed by atoms with van der Waals surface area (Å²) in [5, 5.41) is 4.17. The van der Waals surface area contributed by atoms with Gasteiger partial charge in [0.1, 0.15) is 28.5 Å². The zero-order chi connectivity index (χ0) is 21.8. The van der Waals surface area contributed by atoms with Crippen LogP contribution in [0, 0.1) is 5.92 Å². The van der Waals surface area contributed by atoms with Crippen LogP contribution < -0.4 is 19.7 Å². The highest BCUT2D eigenvalue weighted by Gasteiger charge is 2.28. The van der Waals surface area contributed by atoms with E-state index in [0.717, 1.165) is 58.9 Å². The summed E-state index contributed by atoms with van der Waals surface area (Å²) in [6.07, 6.45) is 4.44. The number of fused-ring (bicyclic) bond motifs is 1. The highest BCUT2D eigenvalue weighted by molar-refractivity contribution is 7.18. The molecule has 8 heteroatoms. The fourth-order valence-electron chi connectivity index (χ4n) is 4.05. The molecule has 1 N–H and O–H groups in total. The number of aromatic nitrogens is 2. The number of methoxy groups -OCH3 is 2. The molecule has 0 saturated carbocycles. The van der Waals surface area contributed by atoms with Crippen LogP contribution in [0.5, 0.6) is 11.5 Å². The number of anilines is 1. The quantitative estimate of drug-likeness (QED) is 0.602. The fourth-order valence-corrected chi connectivity index (χ4v) is 4.98. The summed E-state index contributed by atoms with van der Waals surface area (Å²) in [6, 6.07) is 7.79. The van der Waals surface area contributed by atoms with E-state index in [1.807, 2.05) is 18.2 Å². The van der Waals surface area contributed by atoms with E-state index in [1.165, 1.54) is 4.88 Å². The summed E-state index contributed by atoms with van der Waals surface area (Å²) in [7, 11) is 3.25. The monoisotopic (exact) mass is 440 g/mol. The maximum absolute atomic E-state index is 13.0. The van der Waals surface area contributed by atoms with Gasteiger partial charge in [0.2, 0.25) is 5.91 Å². The predicted molar refractivity (Wildman–Crippen MR) is 123 cm³/mol. The Morgan fingerprint density at radius 1 is 1.26 bits per heavy atom. The molecule has 31 heavy (non-hydrogen) atoms. The fraction of sp³-hybridized carbons (Fsp3) is 0.435. The molecule has 7 nitrogen and oxygen atoms in total. The minimum Gasteiger partial charge on any atom is -0.497 e. The first kappa shape index (κ1) is 21.4. The van der Waals surface area contributed by atoms with Crippen molar-refractivity contribution in [3.63, 3.8) is 0 Å². The van der Waals surface area contributed by atoms with Gasteiger partial charge < -0.3 is 19.7 Å². The summed E-state index contributed by atoms with van der Waals surface area (Å²) in [4.78, 5) is 26.5. The number of carbonyl (C=O) groups is 1. The molecule has 1 fully saturated rings. The first-order valence-electron chi connectivity index (χ1n) is 10.6. The summed E-state index contributed by atoms with van der Waals surface area (Å²) in [5.74, 6) is 2.38. The van der Waals surface area contributed by atoms with E-state index in [1.54, 1.807) is 31.9 Å². The molecule has 0 radical (unpaired) electrons. The number of nitrogens with one attached hydrogen (secondary N) is 1. The van der Waals surface area contributed by atoms with Crippen LogP contribution in [-0.2, 0) is 17.8 Å². The summed E-state index contributed by atoms with van der Waals surface area (Å²) < 4.78 is 10.7. The first-order chi connectivity index (χ1) is 15.1. The molecule has 1 atom stereocenters. The second kappa shape index (κ2) is 9.51. The van der Waals surface area contributed by atoms with Gasteiger partial charge in [0, 0.05) is 30.1 Å². The van der Waals surface area contributed by atoms with Gasteiger partial charge in [-0.05, 0) is 43.5 Å². The minimum atomic E-state index is -0.0837. The lowest BCUT2D eigenvalue weighted by atomic mass is 9.96. The van der Waals surface area contributed by atoms with E-state index in [-0.39, 0.29) is 11.8 Å². The Bertz CT molecular complexity index is 1070. The lowest BCUT2D eigenvalue weighted by molar-refractivity contribution is -0.125. The number of amides is 1. The Morgan fingerprint density at radius 2 is 2.13 bits per heavy atom. The number of ether oxygens (including phenoxy) is 2. The minimum absolute atomic E-state index is 0.0550. The molecule has 3 heterocycles. The van der Waals surface area contributed by atoms with Gasteiger partial charge in [0.25, 0.3) is 0 Å². The zero-order valence-corrected chi connectivity index (χ0v) is 19.0. The van der Waals surface area contributed by atoms with Gasteiger partial charge in [-0.1, -0.05) is 6.92 Å². The van der Waals surface area contributed by atoms with Crippen molar-refractivity contribution in [2.45, 2.75) is 32.7 Å².